The van der Waals surface area contributed by atoms with Gasteiger partial charge in [-0.05, 0) is 43.2 Å². The quantitative estimate of drug-likeness (QED) is 0.721. The summed E-state index contributed by atoms with van der Waals surface area (Å²) in [5.74, 6) is 0.940. The van der Waals surface area contributed by atoms with E-state index >= 15 is 0 Å². The van der Waals surface area contributed by atoms with Crippen molar-refractivity contribution in [2.75, 3.05) is 5.73 Å². The monoisotopic (exact) mass is 266 g/mol. The smallest absolute Gasteiger partial charge is 0.258 e. The molecule has 3 aromatic rings. The number of anilines is 1. The zero-order chi connectivity index (χ0) is 14.1. The van der Waals surface area contributed by atoms with Crippen LogP contribution in [0.5, 0.6) is 0 Å². The van der Waals surface area contributed by atoms with Crippen LogP contribution in [0.15, 0.2) is 41.1 Å². The minimum atomic E-state index is 0.454. The predicted octanol–water partition coefficient (Wildman–Crippen LogP) is 3.00. The summed E-state index contributed by atoms with van der Waals surface area (Å²) in [6.45, 7) is 3.89. The lowest BCUT2D eigenvalue weighted by molar-refractivity contribution is 0.432. The molecule has 0 aliphatic heterocycles. The van der Waals surface area contributed by atoms with Gasteiger partial charge in [0.05, 0.1) is 0 Å². The van der Waals surface area contributed by atoms with Crippen LogP contribution >= 0.6 is 0 Å². The molecule has 0 bridgehead atoms. The number of hydrogen-bond donors (Lipinski definition) is 1. The Morgan fingerprint density at radius 3 is 2.75 bits per heavy atom. The molecule has 2 aromatic heterocycles. The molecule has 2 heterocycles. The SMILES string of the molecule is Cc1cccnc1-c1noc(-c2cccc(N)c2C)n1. The van der Waals surface area contributed by atoms with Crippen LogP contribution < -0.4 is 5.73 Å². The first-order valence-corrected chi connectivity index (χ1v) is 6.28. The summed E-state index contributed by atoms with van der Waals surface area (Å²) >= 11 is 0. The highest BCUT2D eigenvalue weighted by atomic mass is 16.5. The number of aryl methyl sites for hydroxylation is 1. The van der Waals surface area contributed by atoms with Crippen molar-refractivity contribution in [3.8, 4) is 23.0 Å². The normalized spacial score (nSPS) is 10.7. The van der Waals surface area contributed by atoms with Crippen LogP contribution in [0.25, 0.3) is 23.0 Å². The molecule has 5 nitrogen and oxygen atoms in total. The molecule has 0 saturated carbocycles. The summed E-state index contributed by atoms with van der Waals surface area (Å²) in [6.07, 6.45) is 1.71. The van der Waals surface area contributed by atoms with Gasteiger partial charge in [0, 0.05) is 17.4 Å². The fourth-order valence-corrected chi connectivity index (χ4v) is 2.03. The molecule has 0 atom stereocenters. The molecule has 0 saturated heterocycles. The summed E-state index contributed by atoms with van der Waals surface area (Å²) in [4.78, 5) is 8.70. The fraction of sp³-hybridized carbons (Fsp3) is 0.133. The minimum absolute atomic E-state index is 0.454. The number of pyridine rings is 1. The highest BCUT2D eigenvalue weighted by molar-refractivity contribution is 5.68. The number of rotatable bonds is 2. The average Bonchev–Trinajstić information content (AvgIpc) is 2.92. The third-order valence-corrected chi connectivity index (χ3v) is 3.25. The molecule has 0 aliphatic carbocycles. The van der Waals surface area contributed by atoms with Gasteiger partial charge in [0.1, 0.15) is 5.69 Å². The van der Waals surface area contributed by atoms with Crippen molar-refractivity contribution in [1.29, 1.82) is 0 Å². The Kier molecular flexibility index (Phi) is 2.95. The second-order valence-electron chi connectivity index (χ2n) is 4.61. The van der Waals surface area contributed by atoms with E-state index in [0.717, 1.165) is 22.4 Å². The summed E-state index contributed by atoms with van der Waals surface area (Å²) in [5.41, 5.74) is 10.1. The summed E-state index contributed by atoms with van der Waals surface area (Å²) in [7, 11) is 0. The zero-order valence-electron chi connectivity index (χ0n) is 11.3. The van der Waals surface area contributed by atoms with E-state index in [1.54, 1.807) is 6.20 Å². The minimum Gasteiger partial charge on any atom is -0.398 e. The molecule has 2 N–H and O–H groups in total. The topological polar surface area (TPSA) is 77.8 Å². The van der Waals surface area contributed by atoms with Crippen molar-refractivity contribution in [3.63, 3.8) is 0 Å². The Labute approximate surface area is 116 Å². The molecule has 0 spiro atoms. The van der Waals surface area contributed by atoms with Crippen LogP contribution in [-0.4, -0.2) is 15.1 Å². The zero-order valence-corrected chi connectivity index (χ0v) is 11.3. The lowest BCUT2D eigenvalue weighted by Gasteiger charge is -2.03. The summed E-state index contributed by atoms with van der Waals surface area (Å²) in [5, 5.41) is 4.00. The van der Waals surface area contributed by atoms with E-state index in [1.165, 1.54) is 0 Å². The van der Waals surface area contributed by atoms with Crippen molar-refractivity contribution in [3.05, 3.63) is 47.7 Å². The summed E-state index contributed by atoms with van der Waals surface area (Å²) < 4.78 is 5.34. The fourth-order valence-electron chi connectivity index (χ4n) is 2.03. The van der Waals surface area contributed by atoms with Gasteiger partial charge in [-0.15, -0.1) is 0 Å². The third kappa shape index (κ3) is 2.03. The van der Waals surface area contributed by atoms with Gasteiger partial charge in [0.15, 0.2) is 0 Å². The van der Waals surface area contributed by atoms with Crippen molar-refractivity contribution < 1.29 is 4.52 Å². The van der Waals surface area contributed by atoms with Gasteiger partial charge in [-0.25, -0.2) is 0 Å². The Hall–Kier alpha value is -2.69. The van der Waals surface area contributed by atoms with Gasteiger partial charge in [-0.1, -0.05) is 17.3 Å². The largest absolute Gasteiger partial charge is 0.398 e. The molecule has 0 aliphatic rings. The molecular weight excluding hydrogens is 252 g/mol. The molecule has 0 fully saturated rings. The molecule has 1 aromatic carbocycles. The standard InChI is InChI=1S/C15H14N4O/c1-9-5-4-8-17-13(9)14-18-15(20-19-14)11-6-3-7-12(16)10(11)2/h3-8H,16H2,1-2H3. The van der Waals surface area contributed by atoms with Crippen LogP contribution in [0.4, 0.5) is 5.69 Å². The van der Waals surface area contributed by atoms with Crippen LogP contribution in [0, 0.1) is 13.8 Å². The molecule has 0 unspecified atom stereocenters. The lowest BCUT2D eigenvalue weighted by atomic mass is 10.1. The maximum absolute atomic E-state index is 5.90. The molecule has 100 valence electrons. The lowest BCUT2D eigenvalue weighted by Crippen LogP contribution is -1.92. The van der Waals surface area contributed by atoms with Crippen LogP contribution in [-0.2, 0) is 0 Å². The molecule has 0 amide bonds. The van der Waals surface area contributed by atoms with E-state index in [4.69, 9.17) is 10.3 Å². The second-order valence-corrected chi connectivity index (χ2v) is 4.61. The van der Waals surface area contributed by atoms with Gasteiger partial charge in [-0.2, -0.15) is 4.98 Å². The van der Waals surface area contributed by atoms with E-state index < -0.39 is 0 Å². The highest BCUT2D eigenvalue weighted by Crippen LogP contribution is 2.27. The molecule has 0 radical (unpaired) electrons. The predicted molar refractivity (Wildman–Crippen MR) is 76.9 cm³/mol. The maximum atomic E-state index is 5.90. The van der Waals surface area contributed by atoms with Crippen molar-refractivity contribution >= 4 is 5.69 Å². The number of hydrogen-bond acceptors (Lipinski definition) is 5. The number of aromatic nitrogens is 3. The summed E-state index contributed by atoms with van der Waals surface area (Å²) in [6, 6.07) is 9.47. The van der Waals surface area contributed by atoms with Gasteiger partial charge in [0.2, 0.25) is 5.82 Å². The number of nitrogens with zero attached hydrogens (tertiary/aromatic N) is 3. The third-order valence-electron chi connectivity index (χ3n) is 3.25. The van der Waals surface area contributed by atoms with E-state index in [1.807, 2.05) is 44.2 Å². The molecule has 20 heavy (non-hydrogen) atoms. The van der Waals surface area contributed by atoms with Crippen LogP contribution in [0.2, 0.25) is 0 Å². The number of nitrogen functional groups attached to an aromatic ring is 1. The van der Waals surface area contributed by atoms with Gasteiger partial charge >= 0.3 is 0 Å². The first-order chi connectivity index (χ1) is 9.66. The first kappa shape index (κ1) is 12.3. The molecular formula is C15H14N4O. The Morgan fingerprint density at radius 1 is 1.10 bits per heavy atom. The average molecular weight is 266 g/mol. The van der Waals surface area contributed by atoms with Gasteiger partial charge < -0.3 is 10.3 Å². The van der Waals surface area contributed by atoms with E-state index in [0.29, 0.717) is 17.4 Å². The highest BCUT2D eigenvalue weighted by Gasteiger charge is 2.15. The van der Waals surface area contributed by atoms with E-state index in [2.05, 4.69) is 15.1 Å². The van der Waals surface area contributed by atoms with E-state index in [-0.39, 0.29) is 0 Å². The van der Waals surface area contributed by atoms with Crippen molar-refractivity contribution in [1.82, 2.24) is 15.1 Å². The second kappa shape index (κ2) is 4.77. The maximum Gasteiger partial charge on any atom is 0.258 e. The molecule has 5 heteroatoms. The van der Waals surface area contributed by atoms with Crippen molar-refractivity contribution in [2.24, 2.45) is 0 Å². The van der Waals surface area contributed by atoms with E-state index in [9.17, 15) is 0 Å². The van der Waals surface area contributed by atoms with Crippen molar-refractivity contribution in [2.45, 2.75) is 13.8 Å². The number of nitrogens with two attached hydrogens (primary N) is 1. The van der Waals surface area contributed by atoms with Crippen LogP contribution in [0.1, 0.15) is 11.1 Å². The molecule has 3 rings (SSSR count). The Bertz CT molecular complexity index is 764. The first-order valence-electron chi connectivity index (χ1n) is 6.28. The van der Waals surface area contributed by atoms with Crippen LogP contribution in [0.3, 0.4) is 0 Å². The Morgan fingerprint density at radius 2 is 1.95 bits per heavy atom. The Balaban J connectivity index is 2.07. The van der Waals surface area contributed by atoms with Gasteiger partial charge in [0.25, 0.3) is 5.89 Å². The number of benzene rings is 1. The van der Waals surface area contributed by atoms with Gasteiger partial charge in [-0.3, -0.25) is 4.98 Å².